The normalized spacial score (nSPS) is 11.8. The molecule has 0 saturated heterocycles. The van der Waals surface area contributed by atoms with Crippen molar-refractivity contribution in [2.45, 2.75) is 59.5 Å². The van der Waals surface area contributed by atoms with Gasteiger partial charge in [0.1, 0.15) is 6.04 Å². The number of carbonyl (C=O) groups excluding carboxylic acids is 2. The van der Waals surface area contributed by atoms with Crippen molar-refractivity contribution in [1.82, 2.24) is 10.2 Å². The lowest BCUT2D eigenvalue weighted by Crippen LogP contribution is -2.48. The quantitative estimate of drug-likeness (QED) is 0.515. The van der Waals surface area contributed by atoms with E-state index in [-0.39, 0.29) is 24.8 Å². The number of hydrogen-bond donors (Lipinski definition) is 1. The third-order valence-electron chi connectivity index (χ3n) is 5.18. The van der Waals surface area contributed by atoms with E-state index in [1.807, 2.05) is 38.1 Å². The number of halogens is 2. The summed E-state index contributed by atoms with van der Waals surface area (Å²) in [5.41, 5.74) is 3.96. The summed E-state index contributed by atoms with van der Waals surface area (Å²) in [5, 5.41) is 3.81. The van der Waals surface area contributed by atoms with Gasteiger partial charge in [0, 0.05) is 13.1 Å². The maximum atomic E-state index is 13.3. The summed E-state index contributed by atoms with van der Waals surface area (Å²) in [6.07, 6.45) is 2.14. The van der Waals surface area contributed by atoms with Crippen LogP contribution in [0.4, 0.5) is 0 Å². The van der Waals surface area contributed by atoms with Crippen LogP contribution in [0.3, 0.4) is 0 Å². The molecule has 0 saturated carbocycles. The summed E-state index contributed by atoms with van der Waals surface area (Å²) in [6, 6.07) is 10.7. The predicted octanol–water partition coefficient (Wildman–Crippen LogP) is 5.49. The van der Waals surface area contributed by atoms with E-state index in [9.17, 15) is 9.59 Å². The molecule has 0 unspecified atom stereocenters. The Bertz CT molecular complexity index is 899. The molecule has 0 radical (unpaired) electrons. The molecule has 0 aromatic heterocycles. The van der Waals surface area contributed by atoms with Gasteiger partial charge in [-0.05, 0) is 56.0 Å². The molecule has 4 nitrogen and oxygen atoms in total. The maximum absolute atomic E-state index is 13.3. The van der Waals surface area contributed by atoms with Gasteiger partial charge < -0.3 is 10.2 Å². The Balaban J connectivity index is 2.26. The standard InChI is InChI=1S/C24H30Cl2N2O2/c1-5-6-11-27-24(30)18(4)28(15-19-9-10-21(25)22(26)13-19)23(29)14-20-12-16(2)7-8-17(20)3/h7-10,12-13,18H,5-6,11,14-15H2,1-4H3,(H,27,30)/t18-/m0/s1. The van der Waals surface area contributed by atoms with Crippen LogP contribution in [0.25, 0.3) is 0 Å². The van der Waals surface area contributed by atoms with Crippen molar-refractivity contribution in [1.29, 1.82) is 0 Å². The highest BCUT2D eigenvalue weighted by Gasteiger charge is 2.26. The van der Waals surface area contributed by atoms with Crippen LogP contribution in [0, 0.1) is 13.8 Å². The Morgan fingerprint density at radius 2 is 1.80 bits per heavy atom. The van der Waals surface area contributed by atoms with E-state index in [1.165, 1.54) is 0 Å². The molecule has 2 aromatic carbocycles. The number of amides is 2. The van der Waals surface area contributed by atoms with Gasteiger partial charge in [-0.25, -0.2) is 0 Å². The lowest BCUT2D eigenvalue weighted by Gasteiger charge is -2.29. The molecule has 0 fully saturated rings. The van der Waals surface area contributed by atoms with Gasteiger partial charge in [0.2, 0.25) is 11.8 Å². The van der Waals surface area contributed by atoms with Gasteiger partial charge in [0.15, 0.2) is 0 Å². The molecule has 0 aliphatic heterocycles. The SMILES string of the molecule is CCCCNC(=O)[C@H](C)N(Cc1ccc(Cl)c(Cl)c1)C(=O)Cc1cc(C)ccc1C. The number of unbranched alkanes of at least 4 members (excludes halogenated alkanes) is 1. The largest absolute Gasteiger partial charge is 0.354 e. The summed E-state index contributed by atoms with van der Waals surface area (Å²) in [7, 11) is 0. The van der Waals surface area contributed by atoms with Gasteiger partial charge in [-0.3, -0.25) is 9.59 Å². The predicted molar refractivity (Wildman–Crippen MR) is 124 cm³/mol. The second kappa shape index (κ2) is 11.4. The first-order valence-electron chi connectivity index (χ1n) is 10.3. The summed E-state index contributed by atoms with van der Waals surface area (Å²) in [4.78, 5) is 27.6. The molecule has 30 heavy (non-hydrogen) atoms. The number of hydrogen-bond acceptors (Lipinski definition) is 2. The average Bonchev–Trinajstić information content (AvgIpc) is 2.71. The number of nitrogens with zero attached hydrogens (tertiary/aromatic N) is 1. The second-order valence-electron chi connectivity index (χ2n) is 7.70. The number of nitrogens with one attached hydrogen (secondary N) is 1. The molecule has 162 valence electrons. The Morgan fingerprint density at radius 1 is 1.07 bits per heavy atom. The van der Waals surface area contributed by atoms with E-state index in [0.717, 1.165) is 35.1 Å². The number of carbonyl (C=O) groups is 2. The fourth-order valence-electron chi connectivity index (χ4n) is 3.21. The molecule has 2 amide bonds. The van der Waals surface area contributed by atoms with Crippen LogP contribution in [-0.4, -0.2) is 29.3 Å². The van der Waals surface area contributed by atoms with Crippen LogP contribution in [0.5, 0.6) is 0 Å². The highest BCUT2D eigenvalue weighted by Crippen LogP contribution is 2.24. The van der Waals surface area contributed by atoms with Crippen molar-refractivity contribution in [2.24, 2.45) is 0 Å². The third kappa shape index (κ3) is 6.75. The first-order valence-corrected chi connectivity index (χ1v) is 11.1. The highest BCUT2D eigenvalue weighted by molar-refractivity contribution is 6.42. The van der Waals surface area contributed by atoms with E-state index in [0.29, 0.717) is 16.6 Å². The van der Waals surface area contributed by atoms with E-state index >= 15 is 0 Å². The van der Waals surface area contributed by atoms with Gasteiger partial charge in [0.25, 0.3) is 0 Å². The van der Waals surface area contributed by atoms with E-state index in [2.05, 4.69) is 12.2 Å². The van der Waals surface area contributed by atoms with Gasteiger partial charge >= 0.3 is 0 Å². The summed E-state index contributed by atoms with van der Waals surface area (Å²) < 4.78 is 0. The molecule has 0 spiro atoms. The smallest absolute Gasteiger partial charge is 0.242 e. The van der Waals surface area contributed by atoms with E-state index in [4.69, 9.17) is 23.2 Å². The lowest BCUT2D eigenvalue weighted by molar-refractivity contribution is -0.140. The minimum absolute atomic E-state index is 0.104. The van der Waals surface area contributed by atoms with Crippen molar-refractivity contribution < 1.29 is 9.59 Å². The Kier molecular flexibility index (Phi) is 9.19. The molecular formula is C24H30Cl2N2O2. The summed E-state index contributed by atoms with van der Waals surface area (Å²) in [5.74, 6) is -0.259. The van der Waals surface area contributed by atoms with Crippen LogP contribution in [-0.2, 0) is 22.6 Å². The zero-order valence-corrected chi connectivity index (χ0v) is 19.6. The average molecular weight is 449 g/mol. The Morgan fingerprint density at radius 3 is 2.47 bits per heavy atom. The number of aryl methyl sites for hydroxylation is 2. The number of benzene rings is 2. The molecule has 1 N–H and O–H groups in total. The first kappa shape index (κ1) is 24.2. The van der Waals surface area contributed by atoms with E-state index in [1.54, 1.807) is 24.0 Å². The van der Waals surface area contributed by atoms with Crippen LogP contribution in [0.1, 0.15) is 48.9 Å². The molecule has 0 aliphatic carbocycles. The molecule has 0 heterocycles. The summed E-state index contributed by atoms with van der Waals surface area (Å²) in [6.45, 7) is 8.71. The second-order valence-corrected chi connectivity index (χ2v) is 8.51. The Hall–Kier alpha value is -2.04. The zero-order chi connectivity index (χ0) is 22.3. The van der Waals surface area contributed by atoms with Crippen LogP contribution in [0.15, 0.2) is 36.4 Å². The maximum Gasteiger partial charge on any atom is 0.242 e. The van der Waals surface area contributed by atoms with Crippen LogP contribution < -0.4 is 5.32 Å². The minimum Gasteiger partial charge on any atom is -0.354 e. The monoisotopic (exact) mass is 448 g/mol. The fourth-order valence-corrected chi connectivity index (χ4v) is 3.53. The lowest BCUT2D eigenvalue weighted by atomic mass is 10.0. The molecule has 1 atom stereocenters. The molecule has 0 bridgehead atoms. The molecule has 6 heteroatoms. The van der Waals surface area contributed by atoms with E-state index < -0.39 is 6.04 Å². The fraction of sp³-hybridized carbons (Fsp3) is 0.417. The van der Waals surface area contributed by atoms with Gasteiger partial charge in [-0.1, -0.05) is 66.4 Å². The molecule has 2 aromatic rings. The molecule has 2 rings (SSSR count). The minimum atomic E-state index is -0.603. The highest BCUT2D eigenvalue weighted by atomic mass is 35.5. The van der Waals surface area contributed by atoms with Gasteiger partial charge in [-0.2, -0.15) is 0 Å². The Labute approximate surface area is 189 Å². The van der Waals surface area contributed by atoms with Gasteiger partial charge in [0.05, 0.1) is 16.5 Å². The number of rotatable bonds is 9. The van der Waals surface area contributed by atoms with Crippen molar-refractivity contribution in [2.75, 3.05) is 6.54 Å². The van der Waals surface area contributed by atoms with Crippen molar-refractivity contribution in [3.8, 4) is 0 Å². The molecular weight excluding hydrogens is 419 g/mol. The topological polar surface area (TPSA) is 49.4 Å². The van der Waals surface area contributed by atoms with Crippen molar-refractivity contribution in [3.63, 3.8) is 0 Å². The summed E-state index contributed by atoms with van der Waals surface area (Å²) >= 11 is 12.2. The van der Waals surface area contributed by atoms with Crippen molar-refractivity contribution >= 4 is 35.0 Å². The zero-order valence-electron chi connectivity index (χ0n) is 18.1. The first-order chi connectivity index (χ1) is 14.2. The third-order valence-corrected chi connectivity index (χ3v) is 5.92. The molecule has 0 aliphatic rings. The van der Waals surface area contributed by atoms with Crippen LogP contribution >= 0.6 is 23.2 Å². The van der Waals surface area contributed by atoms with Gasteiger partial charge in [-0.15, -0.1) is 0 Å². The van der Waals surface area contributed by atoms with Crippen LogP contribution in [0.2, 0.25) is 10.0 Å². The van der Waals surface area contributed by atoms with Crippen molar-refractivity contribution in [3.05, 3.63) is 68.7 Å².